The first kappa shape index (κ1) is 9.72. The molecule has 0 aromatic carbocycles. The van der Waals surface area contributed by atoms with Gasteiger partial charge in [0.2, 0.25) is 5.82 Å². The van der Waals surface area contributed by atoms with Gasteiger partial charge in [-0.1, -0.05) is 0 Å². The van der Waals surface area contributed by atoms with Crippen molar-refractivity contribution >= 4 is 15.8 Å². The van der Waals surface area contributed by atoms with Gasteiger partial charge in [-0.15, -0.1) is 0 Å². The molecule has 0 amide bonds. The van der Waals surface area contributed by atoms with Gasteiger partial charge in [0, 0.05) is 18.6 Å². The first-order valence-corrected chi connectivity index (χ1v) is 5.38. The van der Waals surface area contributed by atoms with Crippen LogP contribution in [0.5, 0.6) is 0 Å². The number of hydrogen-bond donors (Lipinski definition) is 1. The van der Waals surface area contributed by atoms with Gasteiger partial charge in [-0.25, -0.2) is 18.2 Å². The predicted octanol–water partition coefficient (Wildman–Crippen LogP) is -0.417. The standard InChI is InChI=1S/C6H8N2O4S/c1-13(11,12)4-8-3-2-7-5(8)6(9)10/h2-3H,4H2,1H3,(H,9,10). The van der Waals surface area contributed by atoms with Crippen molar-refractivity contribution in [1.29, 1.82) is 0 Å². The molecule has 0 unspecified atom stereocenters. The maximum atomic E-state index is 10.8. The third-order valence-electron chi connectivity index (χ3n) is 1.28. The number of rotatable bonds is 3. The summed E-state index contributed by atoms with van der Waals surface area (Å²) in [5.41, 5.74) is 0. The van der Waals surface area contributed by atoms with E-state index in [2.05, 4.69) is 4.98 Å². The summed E-state index contributed by atoms with van der Waals surface area (Å²) >= 11 is 0. The van der Waals surface area contributed by atoms with Crippen LogP contribution in [0.2, 0.25) is 0 Å². The van der Waals surface area contributed by atoms with E-state index in [9.17, 15) is 13.2 Å². The van der Waals surface area contributed by atoms with Crippen molar-refractivity contribution in [2.45, 2.75) is 5.88 Å². The van der Waals surface area contributed by atoms with Crippen LogP contribution in [0.1, 0.15) is 10.6 Å². The van der Waals surface area contributed by atoms with Crippen molar-refractivity contribution in [1.82, 2.24) is 9.55 Å². The van der Waals surface area contributed by atoms with E-state index in [1.54, 1.807) is 0 Å². The van der Waals surface area contributed by atoms with Crippen molar-refractivity contribution in [2.75, 3.05) is 6.26 Å². The summed E-state index contributed by atoms with van der Waals surface area (Å²) in [6.45, 7) is 0. The second-order valence-corrected chi connectivity index (χ2v) is 4.69. The molecule has 0 aliphatic carbocycles. The van der Waals surface area contributed by atoms with Gasteiger partial charge in [-0.3, -0.25) is 0 Å². The highest BCUT2D eigenvalue weighted by Gasteiger charge is 2.13. The molecule has 72 valence electrons. The Kier molecular flexibility index (Phi) is 2.37. The van der Waals surface area contributed by atoms with E-state index >= 15 is 0 Å². The molecule has 0 spiro atoms. The average molecular weight is 204 g/mol. The minimum Gasteiger partial charge on any atom is -0.475 e. The number of hydrogen-bond acceptors (Lipinski definition) is 4. The maximum absolute atomic E-state index is 10.8. The lowest BCUT2D eigenvalue weighted by molar-refractivity contribution is 0.0679. The van der Waals surface area contributed by atoms with Crippen LogP contribution in [-0.4, -0.2) is 35.3 Å². The number of sulfone groups is 1. The lowest BCUT2D eigenvalue weighted by Gasteiger charge is -2.01. The summed E-state index contributed by atoms with van der Waals surface area (Å²) in [5, 5.41) is 8.57. The number of carboxylic acids is 1. The molecule has 13 heavy (non-hydrogen) atoms. The molecule has 0 radical (unpaired) electrons. The van der Waals surface area contributed by atoms with E-state index in [-0.39, 0.29) is 11.7 Å². The van der Waals surface area contributed by atoms with E-state index < -0.39 is 15.8 Å². The highest BCUT2D eigenvalue weighted by Crippen LogP contribution is 2.00. The summed E-state index contributed by atoms with van der Waals surface area (Å²) < 4.78 is 22.7. The van der Waals surface area contributed by atoms with Crippen LogP contribution < -0.4 is 0 Å². The third kappa shape index (κ3) is 2.55. The van der Waals surface area contributed by atoms with Gasteiger partial charge in [0.1, 0.15) is 5.88 Å². The molecular formula is C6H8N2O4S. The summed E-state index contributed by atoms with van der Waals surface area (Å²) in [4.78, 5) is 14.0. The normalized spacial score (nSPS) is 11.5. The fraction of sp³-hybridized carbons (Fsp3) is 0.333. The van der Waals surface area contributed by atoms with Crippen LogP contribution in [0.3, 0.4) is 0 Å². The summed E-state index contributed by atoms with van der Waals surface area (Å²) in [7, 11) is -3.24. The molecule has 0 aliphatic rings. The zero-order valence-electron chi connectivity index (χ0n) is 6.84. The topological polar surface area (TPSA) is 89.3 Å². The van der Waals surface area contributed by atoms with E-state index in [0.717, 1.165) is 10.8 Å². The van der Waals surface area contributed by atoms with Crippen LogP contribution >= 0.6 is 0 Å². The lowest BCUT2D eigenvalue weighted by atomic mass is 10.6. The van der Waals surface area contributed by atoms with Gasteiger partial charge in [0.15, 0.2) is 9.84 Å². The van der Waals surface area contributed by atoms with Crippen LogP contribution in [0.25, 0.3) is 0 Å². The van der Waals surface area contributed by atoms with Gasteiger partial charge in [0.05, 0.1) is 0 Å². The third-order valence-corrected chi connectivity index (χ3v) is 2.03. The Hall–Kier alpha value is -1.37. The first-order chi connectivity index (χ1) is 5.90. The smallest absolute Gasteiger partial charge is 0.372 e. The largest absolute Gasteiger partial charge is 0.475 e. The van der Waals surface area contributed by atoms with E-state index in [4.69, 9.17) is 5.11 Å². The van der Waals surface area contributed by atoms with Crippen molar-refractivity contribution < 1.29 is 18.3 Å². The Morgan fingerprint density at radius 3 is 2.77 bits per heavy atom. The molecule has 1 aromatic rings. The first-order valence-electron chi connectivity index (χ1n) is 3.32. The molecule has 0 saturated carbocycles. The van der Waals surface area contributed by atoms with E-state index in [0.29, 0.717) is 0 Å². The van der Waals surface area contributed by atoms with Gasteiger partial charge in [0.25, 0.3) is 0 Å². The van der Waals surface area contributed by atoms with Crippen LogP contribution in [-0.2, 0) is 15.7 Å². The fourth-order valence-corrected chi connectivity index (χ4v) is 1.58. The van der Waals surface area contributed by atoms with Gasteiger partial charge >= 0.3 is 5.97 Å². The van der Waals surface area contributed by atoms with Crippen LogP contribution in [0, 0.1) is 0 Å². The molecular weight excluding hydrogens is 196 g/mol. The second-order valence-electron chi connectivity index (χ2n) is 2.58. The van der Waals surface area contributed by atoms with Crippen molar-refractivity contribution in [3.63, 3.8) is 0 Å². The molecule has 1 heterocycles. The monoisotopic (exact) mass is 204 g/mol. The van der Waals surface area contributed by atoms with Gasteiger partial charge in [-0.05, 0) is 0 Å². The van der Waals surface area contributed by atoms with Gasteiger partial charge < -0.3 is 9.67 Å². The molecule has 1 aromatic heterocycles. The van der Waals surface area contributed by atoms with E-state index in [1.165, 1.54) is 12.4 Å². The Labute approximate surface area is 74.7 Å². The number of imidazole rings is 1. The highest BCUT2D eigenvalue weighted by molar-refractivity contribution is 7.89. The fourth-order valence-electron chi connectivity index (χ4n) is 0.864. The minimum absolute atomic E-state index is 0.273. The highest BCUT2D eigenvalue weighted by atomic mass is 32.2. The Bertz CT molecular complexity index is 420. The minimum atomic E-state index is -3.24. The summed E-state index contributed by atoms with van der Waals surface area (Å²) in [6, 6.07) is 0. The van der Waals surface area contributed by atoms with Crippen molar-refractivity contribution in [3.8, 4) is 0 Å². The molecule has 1 N–H and O–H groups in total. The van der Waals surface area contributed by atoms with Crippen LogP contribution in [0.4, 0.5) is 0 Å². The molecule has 6 nitrogen and oxygen atoms in total. The summed E-state index contributed by atoms with van der Waals surface area (Å²) in [6.07, 6.45) is 3.58. The molecule has 0 saturated heterocycles. The lowest BCUT2D eigenvalue weighted by Crippen LogP contribution is -2.14. The Morgan fingerprint density at radius 2 is 2.31 bits per heavy atom. The van der Waals surface area contributed by atoms with Crippen molar-refractivity contribution in [3.05, 3.63) is 18.2 Å². The molecule has 0 bridgehead atoms. The number of aromatic carboxylic acids is 1. The molecule has 0 aliphatic heterocycles. The van der Waals surface area contributed by atoms with Crippen LogP contribution in [0.15, 0.2) is 12.4 Å². The number of carboxylic acid groups (broad SMARTS) is 1. The molecule has 1 rings (SSSR count). The number of aromatic nitrogens is 2. The molecule has 0 atom stereocenters. The number of carbonyl (C=O) groups is 1. The van der Waals surface area contributed by atoms with Gasteiger partial charge in [-0.2, -0.15) is 0 Å². The van der Waals surface area contributed by atoms with Crippen molar-refractivity contribution in [2.24, 2.45) is 0 Å². The Morgan fingerprint density at radius 1 is 1.69 bits per heavy atom. The second kappa shape index (κ2) is 3.17. The zero-order valence-corrected chi connectivity index (χ0v) is 7.65. The predicted molar refractivity (Wildman–Crippen MR) is 44.0 cm³/mol. The van der Waals surface area contributed by atoms with E-state index in [1.807, 2.05) is 0 Å². The Balaban J connectivity index is 3.02. The quantitative estimate of drug-likeness (QED) is 0.722. The molecule has 7 heteroatoms. The zero-order chi connectivity index (χ0) is 10.1. The summed E-state index contributed by atoms with van der Waals surface area (Å²) in [5.74, 6) is -1.88. The maximum Gasteiger partial charge on any atom is 0.372 e. The SMILES string of the molecule is CS(=O)(=O)Cn1ccnc1C(=O)O. The molecule has 0 fully saturated rings. The number of nitrogens with zero attached hydrogens (tertiary/aromatic N) is 2. The average Bonchev–Trinajstić information content (AvgIpc) is 2.31.